The number of carboxylic acids is 1. The van der Waals surface area contributed by atoms with Crippen molar-refractivity contribution in [2.75, 3.05) is 26.4 Å². The molecule has 0 aromatic carbocycles. The molecule has 0 spiro atoms. The van der Waals surface area contributed by atoms with Crippen molar-refractivity contribution in [3.05, 3.63) is 109 Å². The Morgan fingerprint density at radius 3 is 1.30 bits per heavy atom. The summed E-state index contributed by atoms with van der Waals surface area (Å²) in [5, 5.41) is 8.92. The van der Waals surface area contributed by atoms with E-state index in [1.54, 1.807) is 0 Å². The molecule has 0 aromatic rings. The van der Waals surface area contributed by atoms with Crippen LogP contribution in [0, 0.1) is 0 Å². The minimum absolute atomic E-state index is 0.00647. The van der Waals surface area contributed by atoms with Gasteiger partial charge in [0, 0.05) is 13.0 Å². The summed E-state index contributed by atoms with van der Waals surface area (Å²) in [5.74, 6) is -1.81. The molecule has 0 aliphatic heterocycles. The number of ether oxygens (including phenoxy) is 2. The Labute approximate surface area is 382 Å². The summed E-state index contributed by atoms with van der Waals surface area (Å²) in [4.78, 5) is 33.7. The van der Waals surface area contributed by atoms with Crippen molar-refractivity contribution in [3.8, 4) is 0 Å². The van der Waals surface area contributed by atoms with E-state index in [9.17, 15) is 19.0 Å². The van der Waals surface area contributed by atoms with Crippen LogP contribution in [-0.4, -0.2) is 60.5 Å². The van der Waals surface area contributed by atoms with Crippen LogP contribution >= 0.6 is 7.82 Å². The number of allylic oxidation sites excluding steroid dienone is 18. The minimum Gasteiger partial charge on any atom is -0.480 e. The van der Waals surface area contributed by atoms with Crippen molar-refractivity contribution in [3.63, 3.8) is 0 Å². The monoisotopic (exact) mass is 900 g/mol. The van der Waals surface area contributed by atoms with E-state index in [4.69, 9.17) is 29.4 Å². The fourth-order valence-corrected chi connectivity index (χ4v) is 6.69. The van der Waals surface area contributed by atoms with Crippen LogP contribution in [0.3, 0.4) is 0 Å². The first-order chi connectivity index (χ1) is 30.7. The maximum absolute atomic E-state index is 12.7. The van der Waals surface area contributed by atoms with E-state index in [1.807, 2.05) is 0 Å². The highest BCUT2D eigenvalue weighted by Crippen LogP contribution is 2.43. The SMILES string of the molecule is CC/C=C\C/C=C\C/C=C\C/C=C\C/C=C\CCCCCCCC(=O)OC(COCCCCCCCCC/C=C\C/C=C\C/C=C\C/C=C\CC)COP(=O)(O)OCC(N)C(=O)O. The third-order valence-corrected chi connectivity index (χ3v) is 10.5. The predicted molar refractivity (Wildman–Crippen MR) is 262 cm³/mol. The third kappa shape index (κ3) is 46.4. The molecule has 3 unspecified atom stereocenters. The lowest BCUT2D eigenvalue weighted by Crippen LogP contribution is -2.34. The van der Waals surface area contributed by atoms with Crippen LogP contribution in [0.15, 0.2) is 109 Å². The molecule has 11 heteroatoms. The average molecular weight is 900 g/mol. The summed E-state index contributed by atoms with van der Waals surface area (Å²) in [6.07, 6.45) is 62.8. The number of unbranched alkanes of at least 4 members (excludes halogenated alkanes) is 12. The zero-order chi connectivity index (χ0) is 46.2. The highest BCUT2D eigenvalue weighted by Gasteiger charge is 2.27. The largest absolute Gasteiger partial charge is 0.480 e. The second-order valence-corrected chi connectivity index (χ2v) is 16.9. The molecular formula is C52H86NO9P. The number of hydrogen-bond donors (Lipinski definition) is 3. The minimum atomic E-state index is -4.64. The first kappa shape index (κ1) is 59.6. The average Bonchev–Trinajstić information content (AvgIpc) is 3.26. The maximum Gasteiger partial charge on any atom is 0.472 e. The molecular weight excluding hydrogens is 814 g/mol. The zero-order valence-electron chi connectivity index (χ0n) is 39.1. The molecule has 0 bridgehead atoms. The Morgan fingerprint density at radius 2 is 0.873 bits per heavy atom. The number of carboxylic acid groups (broad SMARTS) is 1. The molecule has 0 radical (unpaired) electrons. The van der Waals surface area contributed by atoms with Crippen molar-refractivity contribution in [1.82, 2.24) is 0 Å². The number of phosphoric ester groups is 1. The summed E-state index contributed by atoms with van der Waals surface area (Å²) < 4.78 is 33.4. The van der Waals surface area contributed by atoms with Gasteiger partial charge in [0.25, 0.3) is 0 Å². The van der Waals surface area contributed by atoms with Crippen LogP contribution < -0.4 is 5.73 Å². The lowest BCUT2D eigenvalue weighted by Gasteiger charge is -2.20. The Balaban J connectivity index is 4.28. The van der Waals surface area contributed by atoms with Crippen LogP contribution in [-0.2, 0) is 32.7 Å². The van der Waals surface area contributed by atoms with Crippen LogP contribution in [0.1, 0.15) is 168 Å². The van der Waals surface area contributed by atoms with E-state index in [0.29, 0.717) is 13.0 Å². The molecule has 0 saturated carbocycles. The Hall–Kier alpha value is -3.37. The van der Waals surface area contributed by atoms with Crippen molar-refractivity contribution >= 4 is 19.8 Å². The Bertz CT molecular complexity index is 1410. The van der Waals surface area contributed by atoms with Crippen LogP contribution in [0.25, 0.3) is 0 Å². The van der Waals surface area contributed by atoms with Gasteiger partial charge in [0.1, 0.15) is 12.1 Å². The van der Waals surface area contributed by atoms with Crippen molar-refractivity contribution < 1.29 is 42.7 Å². The van der Waals surface area contributed by atoms with Crippen molar-refractivity contribution in [1.29, 1.82) is 0 Å². The molecule has 3 atom stereocenters. The van der Waals surface area contributed by atoms with Gasteiger partial charge in [0.2, 0.25) is 0 Å². The maximum atomic E-state index is 12.7. The molecule has 0 heterocycles. The smallest absolute Gasteiger partial charge is 0.472 e. The van der Waals surface area contributed by atoms with Gasteiger partial charge in [-0.1, -0.05) is 175 Å². The first-order valence-corrected chi connectivity index (χ1v) is 25.4. The molecule has 63 heavy (non-hydrogen) atoms. The van der Waals surface area contributed by atoms with Crippen LogP contribution in [0.2, 0.25) is 0 Å². The number of carbonyl (C=O) groups is 2. The number of aliphatic carboxylic acids is 1. The van der Waals surface area contributed by atoms with E-state index < -0.39 is 45.1 Å². The van der Waals surface area contributed by atoms with Gasteiger partial charge in [-0.15, -0.1) is 0 Å². The van der Waals surface area contributed by atoms with Gasteiger partial charge in [-0.25, -0.2) is 4.57 Å². The summed E-state index contributed by atoms with van der Waals surface area (Å²) in [6, 6.07) is -1.49. The van der Waals surface area contributed by atoms with Crippen molar-refractivity contribution in [2.24, 2.45) is 5.73 Å². The van der Waals surface area contributed by atoms with Gasteiger partial charge < -0.3 is 25.2 Å². The Kier molecular flexibility index (Phi) is 44.1. The lowest BCUT2D eigenvalue weighted by atomic mass is 10.1. The topological polar surface area (TPSA) is 155 Å². The molecule has 358 valence electrons. The normalized spacial score (nSPS) is 14.7. The number of hydrogen-bond acceptors (Lipinski definition) is 8. The number of carbonyl (C=O) groups excluding carboxylic acids is 1. The second-order valence-electron chi connectivity index (χ2n) is 15.5. The predicted octanol–water partition coefficient (Wildman–Crippen LogP) is 13.9. The lowest BCUT2D eigenvalue weighted by molar-refractivity contribution is -0.154. The van der Waals surface area contributed by atoms with Crippen LogP contribution in [0.4, 0.5) is 0 Å². The molecule has 0 amide bonds. The molecule has 10 nitrogen and oxygen atoms in total. The van der Waals surface area contributed by atoms with E-state index in [2.05, 4.69) is 123 Å². The standard InChI is InChI=1S/C52H86NO9P/c1-3-5-7-9-11-13-15-17-19-21-23-25-26-28-30-32-34-36-38-40-42-44-51(54)62-49(47-60-63(57,58)61-48-50(53)52(55)56)46-59-45-43-41-39-37-35-33-31-29-27-24-22-20-18-16-14-12-10-8-6-4-2/h5-8,11-14,17-20,23-25,27-28,30,49-50H,3-4,9-10,15-16,21-22,26,29,31-48,53H2,1-2H3,(H,55,56)(H,57,58)/b7-5-,8-6-,13-11-,14-12-,19-17-,20-18-,25-23-,27-24-,30-28-. The molecule has 0 fully saturated rings. The van der Waals surface area contributed by atoms with Gasteiger partial charge in [-0.3, -0.25) is 18.6 Å². The van der Waals surface area contributed by atoms with Crippen LogP contribution in [0.5, 0.6) is 0 Å². The molecule has 0 aromatic heterocycles. The Morgan fingerprint density at radius 1 is 0.508 bits per heavy atom. The van der Waals surface area contributed by atoms with Gasteiger partial charge in [0.15, 0.2) is 0 Å². The quantitative estimate of drug-likeness (QED) is 0.0233. The van der Waals surface area contributed by atoms with Gasteiger partial charge in [-0.05, 0) is 96.3 Å². The molecule has 0 saturated heterocycles. The highest BCUT2D eigenvalue weighted by molar-refractivity contribution is 7.47. The van der Waals surface area contributed by atoms with E-state index in [-0.39, 0.29) is 13.0 Å². The summed E-state index contributed by atoms with van der Waals surface area (Å²) in [5.41, 5.74) is 5.37. The third-order valence-electron chi connectivity index (χ3n) is 9.55. The molecule has 4 N–H and O–H groups in total. The van der Waals surface area contributed by atoms with E-state index in [1.165, 1.54) is 25.7 Å². The number of phosphoric acid groups is 1. The van der Waals surface area contributed by atoms with Gasteiger partial charge >= 0.3 is 19.8 Å². The van der Waals surface area contributed by atoms with Crippen molar-refractivity contribution in [2.45, 2.75) is 180 Å². The molecule has 0 aliphatic carbocycles. The second kappa shape index (κ2) is 46.6. The van der Waals surface area contributed by atoms with E-state index in [0.717, 1.165) is 116 Å². The molecule has 0 rings (SSSR count). The summed E-state index contributed by atoms with van der Waals surface area (Å²) in [7, 11) is -4.64. The summed E-state index contributed by atoms with van der Waals surface area (Å²) >= 11 is 0. The first-order valence-electron chi connectivity index (χ1n) is 23.9. The highest BCUT2D eigenvalue weighted by atomic mass is 31.2. The summed E-state index contributed by atoms with van der Waals surface area (Å²) in [6.45, 7) is 3.59. The fraction of sp³-hybridized carbons (Fsp3) is 0.615. The zero-order valence-corrected chi connectivity index (χ0v) is 40.0. The number of nitrogens with two attached hydrogens (primary N) is 1. The van der Waals surface area contributed by atoms with E-state index >= 15 is 0 Å². The van der Waals surface area contributed by atoms with Gasteiger partial charge in [0.05, 0.1) is 19.8 Å². The number of esters is 1. The molecule has 0 aliphatic rings. The van der Waals surface area contributed by atoms with Gasteiger partial charge in [-0.2, -0.15) is 0 Å². The fourth-order valence-electron chi connectivity index (χ4n) is 5.91. The number of rotatable bonds is 44.